The first kappa shape index (κ1) is 13.0. The van der Waals surface area contributed by atoms with Gasteiger partial charge in [-0.2, -0.15) is 0 Å². The highest BCUT2D eigenvalue weighted by Gasteiger charge is 2.20. The van der Waals surface area contributed by atoms with Crippen LogP contribution in [0.2, 0.25) is 0 Å². The van der Waals surface area contributed by atoms with E-state index in [0.29, 0.717) is 0 Å². The second kappa shape index (κ2) is 5.24. The van der Waals surface area contributed by atoms with Gasteiger partial charge in [-0.3, -0.25) is 4.98 Å². The number of rotatable bonds is 2. The minimum Gasteiger partial charge on any atom is -0.383 e. The van der Waals surface area contributed by atoms with Gasteiger partial charge in [-0.05, 0) is 54.3 Å². The molecular formula is C18H17NOS. The lowest BCUT2D eigenvalue weighted by atomic mass is 9.97. The molecule has 2 nitrogen and oxygen atoms in total. The van der Waals surface area contributed by atoms with Crippen LogP contribution in [0, 0.1) is 0 Å². The van der Waals surface area contributed by atoms with Gasteiger partial charge in [0.15, 0.2) is 0 Å². The zero-order valence-corrected chi connectivity index (χ0v) is 12.6. The topological polar surface area (TPSA) is 33.1 Å². The molecule has 1 unspecified atom stereocenters. The average molecular weight is 295 g/mol. The number of aryl methyl sites for hydroxylation is 2. The van der Waals surface area contributed by atoms with Gasteiger partial charge in [-0.1, -0.05) is 18.2 Å². The predicted octanol–water partition coefficient (Wildman–Crippen LogP) is 4.26. The molecule has 1 aliphatic rings. The third-order valence-corrected chi connectivity index (χ3v) is 5.58. The Hall–Kier alpha value is -1.71. The molecule has 2 aromatic heterocycles. The first-order valence-corrected chi connectivity index (χ1v) is 8.27. The van der Waals surface area contributed by atoms with Crippen LogP contribution in [0.25, 0.3) is 10.8 Å². The van der Waals surface area contributed by atoms with E-state index in [1.165, 1.54) is 29.7 Å². The molecule has 0 saturated heterocycles. The van der Waals surface area contributed by atoms with E-state index in [1.807, 2.05) is 30.5 Å². The van der Waals surface area contributed by atoms with Crippen molar-refractivity contribution in [1.82, 2.24) is 4.98 Å². The van der Waals surface area contributed by atoms with E-state index in [1.54, 1.807) is 17.5 Å². The predicted molar refractivity (Wildman–Crippen MR) is 86.8 cm³/mol. The number of benzene rings is 1. The van der Waals surface area contributed by atoms with Gasteiger partial charge < -0.3 is 5.11 Å². The summed E-state index contributed by atoms with van der Waals surface area (Å²) in [6, 6.07) is 10.3. The van der Waals surface area contributed by atoms with Gasteiger partial charge >= 0.3 is 0 Å². The molecule has 106 valence electrons. The van der Waals surface area contributed by atoms with Crippen LogP contribution in [0.15, 0.2) is 42.7 Å². The summed E-state index contributed by atoms with van der Waals surface area (Å²) in [5.41, 5.74) is 2.43. The molecule has 1 aromatic carbocycles. The molecule has 1 atom stereocenters. The minimum absolute atomic E-state index is 0.535. The van der Waals surface area contributed by atoms with Crippen LogP contribution in [0.1, 0.15) is 39.8 Å². The van der Waals surface area contributed by atoms with Crippen LogP contribution in [0.4, 0.5) is 0 Å². The maximum absolute atomic E-state index is 10.8. The van der Waals surface area contributed by atoms with Crippen LogP contribution in [-0.2, 0) is 12.8 Å². The molecule has 0 bridgehead atoms. The zero-order chi connectivity index (χ0) is 14.2. The van der Waals surface area contributed by atoms with E-state index in [4.69, 9.17) is 0 Å². The Balaban J connectivity index is 1.79. The van der Waals surface area contributed by atoms with Crippen molar-refractivity contribution >= 4 is 22.1 Å². The monoisotopic (exact) mass is 295 g/mol. The molecule has 0 radical (unpaired) electrons. The van der Waals surface area contributed by atoms with E-state index < -0.39 is 6.10 Å². The quantitative estimate of drug-likeness (QED) is 0.766. The standard InChI is InChI=1S/C18H17NOS/c20-18(17-10-12-4-1-2-7-16(12)21-17)15-6-3-5-13-11-19-9-8-14(13)15/h3,5-6,8-11,18,20H,1-2,4,7H2. The van der Waals surface area contributed by atoms with E-state index >= 15 is 0 Å². The van der Waals surface area contributed by atoms with Crippen LogP contribution in [0.3, 0.4) is 0 Å². The van der Waals surface area contributed by atoms with Gasteiger partial charge in [-0.25, -0.2) is 0 Å². The summed E-state index contributed by atoms with van der Waals surface area (Å²) in [4.78, 5) is 6.70. The largest absolute Gasteiger partial charge is 0.383 e. The van der Waals surface area contributed by atoms with Crippen molar-refractivity contribution in [2.24, 2.45) is 0 Å². The number of hydrogen-bond acceptors (Lipinski definition) is 3. The summed E-state index contributed by atoms with van der Waals surface area (Å²) in [5, 5.41) is 13.0. The Kier molecular flexibility index (Phi) is 3.24. The fraction of sp³-hybridized carbons (Fsp3) is 0.278. The highest BCUT2D eigenvalue weighted by molar-refractivity contribution is 7.12. The molecule has 0 aliphatic heterocycles. The van der Waals surface area contributed by atoms with Crippen LogP contribution < -0.4 is 0 Å². The molecule has 2 heterocycles. The van der Waals surface area contributed by atoms with E-state index in [9.17, 15) is 5.11 Å². The number of pyridine rings is 1. The molecule has 3 aromatic rings. The molecule has 0 spiro atoms. The lowest BCUT2D eigenvalue weighted by Crippen LogP contribution is -1.98. The van der Waals surface area contributed by atoms with Crippen molar-refractivity contribution in [3.63, 3.8) is 0 Å². The fourth-order valence-electron chi connectivity index (χ4n) is 3.19. The third kappa shape index (κ3) is 2.27. The van der Waals surface area contributed by atoms with Gasteiger partial charge in [0, 0.05) is 27.5 Å². The highest BCUT2D eigenvalue weighted by atomic mass is 32.1. The molecule has 0 saturated carbocycles. The number of fused-ring (bicyclic) bond motifs is 2. The number of aliphatic hydroxyl groups is 1. The van der Waals surface area contributed by atoms with Gasteiger partial charge in [0.25, 0.3) is 0 Å². The first-order chi connectivity index (χ1) is 10.3. The van der Waals surface area contributed by atoms with E-state index in [0.717, 1.165) is 27.6 Å². The summed E-state index contributed by atoms with van der Waals surface area (Å²) in [7, 11) is 0. The average Bonchev–Trinajstić information content (AvgIpc) is 2.97. The van der Waals surface area contributed by atoms with Crippen LogP contribution >= 0.6 is 11.3 Å². The van der Waals surface area contributed by atoms with Crippen molar-refractivity contribution in [2.75, 3.05) is 0 Å². The van der Waals surface area contributed by atoms with Crippen molar-refractivity contribution in [3.05, 3.63) is 63.6 Å². The summed E-state index contributed by atoms with van der Waals surface area (Å²) in [6.07, 6.45) is 8.00. The molecule has 4 rings (SSSR count). The Labute approximate surface area is 128 Å². The molecule has 1 aliphatic carbocycles. The van der Waals surface area contributed by atoms with Gasteiger partial charge in [0.05, 0.1) is 0 Å². The second-order valence-corrected chi connectivity index (χ2v) is 6.82. The van der Waals surface area contributed by atoms with Crippen LogP contribution in [0.5, 0.6) is 0 Å². The van der Waals surface area contributed by atoms with E-state index in [2.05, 4.69) is 11.1 Å². The Bertz CT molecular complexity index is 764. The maximum Gasteiger partial charge on any atom is 0.114 e. The number of thiophene rings is 1. The molecule has 0 fully saturated rings. The second-order valence-electron chi connectivity index (χ2n) is 5.65. The van der Waals surface area contributed by atoms with Gasteiger partial charge in [0.1, 0.15) is 6.10 Å². The number of nitrogens with zero attached hydrogens (tertiary/aromatic N) is 1. The van der Waals surface area contributed by atoms with Crippen molar-refractivity contribution in [1.29, 1.82) is 0 Å². The summed E-state index contributed by atoms with van der Waals surface area (Å²) >= 11 is 1.78. The summed E-state index contributed by atoms with van der Waals surface area (Å²) in [6.45, 7) is 0. The van der Waals surface area contributed by atoms with Gasteiger partial charge in [-0.15, -0.1) is 11.3 Å². The smallest absolute Gasteiger partial charge is 0.114 e. The van der Waals surface area contributed by atoms with Crippen molar-refractivity contribution < 1.29 is 5.11 Å². The lowest BCUT2D eigenvalue weighted by molar-refractivity contribution is 0.225. The summed E-state index contributed by atoms with van der Waals surface area (Å²) in [5.74, 6) is 0. The van der Waals surface area contributed by atoms with Crippen molar-refractivity contribution in [2.45, 2.75) is 31.8 Å². The number of hydrogen-bond donors (Lipinski definition) is 1. The van der Waals surface area contributed by atoms with Crippen molar-refractivity contribution in [3.8, 4) is 0 Å². The fourth-order valence-corrected chi connectivity index (χ4v) is 4.45. The Morgan fingerprint density at radius 3 is 2.95 bits per heavy atom. The molecule has 0 amide bonds. The Morgan fingerprint density at radius 2 is 2.05 bits per heavy atom. The molecular weight excluding hydrogens is 278 g/mol. The number of aromatic nitrogens is 1. The van der Waals surface area contributed by atoms with E-state index in [-0.39, 0.29) is 0 Å². The number of aliphatic hydroxyl groups excluding tert-OH is 1. The Morgan fingerprint density at radius 1 is 1.14 bits per heavy atom. The zero-order valence-electron chi connectivity index (χ0n) is 11.7. The summed E-state index contributed by atoms with van der Waals surface area (Å²) < 4.78 is 0. The first-order valence-electron chi connectivity index (χ1n) is 7.45. The molecule has 21 heavy (non-hydrogen) atoms. The molecule has 3 heteroatoms. The maximum atomic E-state index is 10.8. The lowest BCUT2D eigenvalue weighted by Gasteiger charge is -2.12. The SMILES string of the molecule is OC(c1cc2c(s1)CCCC2)c1cccc2cnccc12. The minimum atomic E-state index is -0.535. The van der Waals surface area contributed by atoms with Crippen LogP contribution in [-0.4, -0.2) is 10.1 Å². The highest BCUT2D eigenvalue weighted by Crippen LogP contribution is 2.37. The molecule has 1 N–H and O–H groups in total. The normalized spacial score (nSPS) is 15.9. The van der Waals surface area contributed by atoms with Gasteiger partial charge in [0.2, 0.25) is 0 Å². The third-order valence-electron chi connectivity index (χ3n) is 4.29.